The molecule has 11 heteroatoms. The summed E-state index contributed by atoms with van der Waals surface area (Å²) in [6.07, 6.45) is -4.23. The van der Waals surface area contributed by atoms with Crippen molar-refractivity contribution < 1.29 is 23.5 Å². The van der Waals surface area contributed by atoms with Gasteiger partial charge in [-0.3, -0.25) is 16.0 Å². The van der Waals surface area contributed by atoms with Crippen LogP contribution >= 0.6 is 0 Å². The number of piperazine rings is 1. The van der Waals surface area contributed by atoms with E-state index in [9.17, 15) is 18.8 Å². The minimum Gasteiger partial charge on any atom is -0.435 e. The number of carbonyl (C=O) groups excluding carboxylic acids is 1. The van der Waals surface area contributed by atoms with E-state index < -0.39 is 18.6 Å². The summed E-state index contributed by atoms with van der Waals surface area (Å²) in [5.74, 6) is 0.523. The van der Waals surface area contributed by atoms with Gasteiger partial charge < -0.3 is 15.0 Å². The third-order valence-electron chi connectivity index (χ3n) is 4.65. The highest BCUT2D eigenvalue weighted by Crippen LogP contribution is 2.40. The lowest BCUT2D eigenvalue weighted by Gasteiger charge is -2.30. The Morgan fingerprint density at radius 2 is 2.00 bits per heavy atom. The first-order valence-corrected chi connectivity index (χ1v) is 9.70. The topological polar surface area (TPSA) is 112 Å². The van der Waals surface area contributed by atoms with Crippen molar-refractivity contribution in [2.45, 2.75) is 26.4 Å². The number of fused-ring (bicyclic) bond motifs is 1. The van der Waals surface area contributed by atoms with Gasteiger partial charge in [0.15, 0.2) is 11.9 Å². The average molecular weight is 422 g/mol. The van der Waals surface area contributed by atoms with Crippen LogP contribution in [0.2, 0.25) is 0 Å². The van der Waals surface area contributed by atoms with E-state index in [0.29, 0.717) is 35.9 Å². The van der Waals surface area contributed by atoms with Gasteiger partial charge in [0.05, 0.1) is 11.3 Å². The van der Waals surface area contributed by atoms with Crippen molar-refractivity contribution in [1.82, 2.24) is 15.3 Å². The van der Waals surface area contributed by atoms with Crippen LogP contribution in [0.3, 0.4) is 0 Å². The zero-order valence-corrected chi connectivity index (χ0v) is 16.7. The number of pyridine rings is 2. The van der Waals surface area contributed by atoms with Gasteiger partial charge in [0.1, 0.15) is 11.5 Å². The van der Waals surface area contributed by atoms with Gasteiger partial charge in [0, 0.05) is 37.9 Å². The SMILES string of the molecule is CC.O=C1Nc2nccc(-c3ccc(NO)c(N4CCNCC4)n3)c2C(C(F)F)O1. The smallest absolute Gasteiger partial charge is 0.413 e. The molecule has 2 aliphatic rings. The predicted molar refractivity (Wildman–Crippen MR) is 108 cm³/mol. The Labute approximate surface area is 172 Å². The molecule has 4 rings (SSSR count). The maximum Gasteiger partial charge on any atom is 0.413 e. The van der Waals surface area contributed by atoms with Crippen molar-refractivity contribution in [3.63, 3.8) is 0 Å². The molecule has 30 heavy (non-hydrogen) atoms. The minimum atomic E-state index is -2.92. The van der Waals surface area contributed by atoms with E-state index in [1.807, 2.05) is 18.7 Å². The number of amides is 1. The zero-order chi connectivity index (χ0) is 21.7. The lowest BCUT2D eigenvalue weighted by atomic mass is 9.99. The Morgan fingerprint density at radius 1 is 1.27 bits per heavy atom. The molecule has 0 bridgehead atoms. The van der Waals surface area contributed by atoms with E-state index in [1.54, 1.807) is 18.2 Å². The highest BCUT2D eigenvalue weighted by atomic mass is 19.3. The number of cyclic esters (lactones) is 1. The summed E-state index contributed by atoms with van der Waals surface area (Å²) < 4.78 is 31.9. The predicted octanol–water partition coefficient (Wildman–Crippen LogP) is 3.25. The summed E-state index contributed by atoms with van der Waals surface area (Å²) in [4.78, 5) is 22.1. The molecule has 9 nitrogen and oxygen atoms in total. The zero-order valence-electron chi connectivity index (χ0n) is 16.7. The molecular formula is C19H24F2N6O3. The Bertz CT molecular complexity index is 893. The summed E-state index contributed by atoms with van der Waals surface area (Å²) in [6, 6.07) is 4.76. The number of carbonyl (C=O) groups is 1. The van der Waals surface area contributed by atoms with Gasteiger partial charge >= 0.3 is 6.09 Å². The third-order valence-corrected chi connectivity index (χ3v) is 4.65. The lowest BCUT2D eigenvalue weighted by Crippen LogP contribution is -2.44. The van der Waals surface area contributed by atoms with Crippen LogP contribution in [0.25, 0.3) is 11.3 Å². The molecule has 1 unspecified atom stereocenters. The van der Waals surface area contributed by atoms with E-state index in [-0.39, 0.29) is 11.4 Å². The average Bonchev–Trinajstić information content (AvgIpc) is 2.79. The fourth-order valence-corrected chi connectivity index (χ4v) is 3.37. The van der Waals surface area contributed by atoms with Crippen molar-refractivity contribution in [3.8, 4) is 11.3 Å². The summed E-state index contributed by atoms with van der Waals surface area (Å²) >= 11 is 0. The highest BCUT2D eigenvalue weighted by molar-refractivity contribution is 5.89. The normalized spacial score (nSPS) is 18.0. The van der Waals surface area contributed by atoms with Crippen LogP contribution in [0.5, 0.6) is 0 Å². The number of rotatable bonds is 4. The van der Waals surface area contributed by atoms with E-state index in [0.717, 1.165) is 13.1 Å². The van der Waals surface area contributed by atoms with Crippen LogP contribution in [-0.2, 0) is 4.74 Å². The van der Waals surface area contributed by atoms with Gasteiger partial charge in [0.2, 0.25) is 0 Å². The van der Waals surface area contributed by atoms with Gasteiger partial charge in [-0.05, 0) is 18.2 Å². The van der Waals surface area contributed by atoms with Crippen LogP contribution in [0.1, 0.15) is 25.5 Å². The molecule has 2 aromatic rings. The molecule has 0 aromatic carbocycles. The van der Waals surface area contributed by atoms with Crippen molar-refractivity contribution in [1.29, 1.82) is 0 Å². The molecule has 1 saturated heterocycles. The Kier molecular flexibility index (Phi) is 6.95. The van der Waals surface area contributed by atoms with Crippen molar-refractivity contribution in [2.24, 2.45) is 0 Å². The molecule has 2 aliphatic heterocycles. The molecule has 1 amide bonds. The van der Waals surface area contributed by atoms with Gasteiger partial charge in [0.25, 0.3) is 6.43 Å². The molecule has 4 N–H and O–H groups in total. The number of ether oxygens (including phenoxy) is 1. The molecule has 0 saturated carbocycles. The first-order valence-electron chi connectivity index (χ1n) is 9.70. The van der Waals surface area contributed by atoms with Crippen molar-refractivity contribution in [2.75, 3.05) is 41.9 Å². The molecule has 162 valence electrons. The second-order valence-electron chi connectivity index (χ2n) is 6.32. The summed E-state index contributed by atoms with van der Waals surface area (Å²) in [5.41, 5.74) is 3.38. The van der Waals surface area contributed by atoms with E-state index >= 15 is 0 Å². The molecule has 4 heterocycles. The number of nitrogens with one attached hydrogen (secondary N) is 3. The molecular weight excluding hydrogens is 398 g/mol. The molecule has 1 fully saturated rings. The maximum absolute atomic E-state index is 13.5. The molecule has 1 atom stereocenters. The number of aromatic nitrogens is 2. The van der Waals surface area contributed by atoms with Crippen LogP contribution in [0.15, 0.2) is 24.4 Å². The maximum atomic E-state index is 13.5. The van der Waals surface area contributed by atoms with E-state index in [2.05, 4.69) is 26.1 Å². The van der Waals surface area contributed by atoms with E-state index in [4.69, 9.17) is 4.74 Å². The number of halogens is 2. The van der Waals surface area contributed by atoms with Crippen LogP contribution in [0.4, 0.5) is 30.9 Å². The number of nitrogens with zero attached hydrogens (tertiary/aromatic N) is 3. The first-order chi connectivity index (χ1) is 14.6. The third kappa shape index (κ3) is 4.26. The standard InChI is InChI=1S/C17H18F2N6O3.C2H6/c18-14(19)13-12-9(3-4-21-15(12)23-17(26)28-13)10-1-2-11(24-27)16(22-10)25-7-5-20-6-8-25;1-2/h1-4,13-14,20,24,27H,5-8H2,(H,21,23,26);1-2H3. The fourth-order valence-electron chi connectivity index (χ4n) is 3.37. The van der Waals surface area contributed by atoms with Gasteiger partial charge in [-0.25, -0.2) is 23.5 Å². The largest absolute Gasteiger partial charge is 0.435 e. The second-order valence-corrected chi connectivity index (χ2v) is 6.32. The minimum absolute atomic E-state index is 0.0222. The van der Waals surface area contributed by atoms with Crippen LogP contribution in [-0.4, -0.2) is 53.9 Å². The monoisotopic (exact) mass is 422 g/mol. The lowest BCUT2D eigenvalue weighted by molar-refractivity contribution is -0.0168. The Hall–Kier alpha value is -3.05. The number of hydrogen-bond donors (Lipinski definition) is 4. The Morgan fingerprint density at radius 3 is 2.67 bits per heavy atom. The van der Waals surface area contributed by atoms with Crippen LogP contribution in [0, 0.1) is 0 Å². The molecule has 0 aliphatic carbocycles. The molecule has 2 aromatic heterocycles. The number of hydrogen-bond acceptors (Lipinski definition) is 8. The first kappa shape index (κ1) is 21.7. The van der Waals surface area contributed by atoms with Gasteiger partial charge in [-0.1, -0.05) is 13.8 Å². The second kappa shape index (κ2) is 9.63. The van der Waals surface area contributed by atoms with Crippen molar-refractivity contribution in [3.05, 3.63) is 30.0 Å². The highest BCUT2D eigenvalue weighted by Gasteiger charge is 2.37. The summed E-state index contributed by atoms with van der Waals surface area (Å²) in [6.45, 7) is 6.88. The quantitative estimate of drug-likeness (QED) is 0.556. The fraction of sp³-hybridized carbons (Fsp3) is 0.421. The molecule has 0 radical (unpaired) electrons. The van der Waals surface area contributed by atoms with Crippen molar-refractivity contribution >= 4 is 23.4 Å². The van der Waals surface area contributed by atoms with Gasteiger partial charge in [-0.2, -0.15) is 0 Å². The van der Waals surface area contributed by atoms with Gasteiger partial charge in [-0.15, -0.1) is 0 Å². The van der Waals surface area contributed by atoms with Crippen LogP contribution < -0.4 is 21.0 Å². The van der Waals surface area contributed by atoms with E-state index in [1.165, 1.54) is 6.20 Å². The number of anilines is 3. The summed E-state index contributed by atoms with van der Waals surface area (Å²) in [5, 5.41) is 15.0. The molecule has 0 spiro atoms. The number of alkyl halides is 2. The summed E-state index contributed by atoms with van der Waals surface area (Å²) in [7, 11) is 0. The Balaban J connectivity index is 0.00000124.